The van der Waals surface area contributed by atoms with E-state index in [2.05, 4.69) is 20.9 Å². The molecule has 0 aliphatic carbocycles. The van der Waals surface area contributed by atoms with Crippen molar-refractivity contribution in [1.29, 1.82) is 0 Å². The Morgan fingerprint density at radius 1 is 1.03 bits per heavy atom. The van der Waals surface area contributed by atoms with Crippen molar-refractivity contribution in [3.63, 3.8) is 0 Å². The molecule has 2 aromatic heterocycles. The molecule has 152 valence electrons. The van der Waals surface area contributed by atoms with Crippen LogP contribution in [0.25, 0.3) is 10.6 Å². The minimum atomic E-state index is -0.204. The summed E-state index contributed by atoms with van der Waals surface area (Å²) >= 11 is 3.27. The fraction of sp³-hybridized carbons (Fsp3) is 0.286. The lowest BCUT2D eigenvalue weighted by atomic mass is 10.1. The highest BCUT2D eigenvalue weighted by atomic mass is 32.1. The summed E-state index contributed by atoms with van der Waals surface area (Å²) < 4.78 is 0. The minimum Gasteiger partial charge on any atom is -0.347 e. The van der Waals surface area contributed by atoms with Crippen LogP contribution in [0.15, 0.2) is 41.8 Å². The molecule has 6 nitrogen and oxygen atoms in total. The summed E-state index contributed by atoms with van der Waals surface area (Å²) in [5.74, 6) is -0.124. The summed E-state index contributed by atoms with van der Waals surface area (Å²) in [5, 5.41) is 11.6. The lowest BCUT2D eigenvalue weighted by molar-refractivity contribution is 0.0951. The average Bonchev–Trinajstić information content (AvgIpc) is 3.33. The first-order chi connectivity index (χ1) is 13.9. The zero-order valence-corrected chi connectivity index (χ0v) is 18.2. The Balaban J connectivity index is 1.49. The third-order valence-corrected chi connectivity index (χ3v) is 5.93. The van der Waals surface area contributed by atoms with Crippen molar-refractivity contribution >= 4 is 34.6 Å². The highest BCUT2D eigenvalue weighted by molar-refractivity contribution is 7.16. The number of hydrogen-bond donors (Lipinski definition) is 3. The molecule has 0 aliphatic rings. The number of thiophene rings is 1. The Morgan fingerprint density at radius 3 is 2.45 bits per heavy atom. The lowest BCUT2D eigenvalue weighted by Crippen LogP contribution is -2.39. The summed E-state index contributed by atoms with van der Waals surface area (Å²) in [6.45, 7) is 6.69. The largest absolute Gasteiger partial charge is 0.347 e. The van der Waals surface area contributed by atoms with Gasteiger partial charge in [-0.1, -0.05) is 12.1 Å². The number of hydrogen-bond acceptors (Lipinski definition) is 5. The van der Waals surface area contributed by atoms with Crippen molar-refractivity contribution in [3.05, 3.63) is 62.8 Å². The van der Waals surface area contributed by atoms with Crippen molar-refractivity contribution < 1.29 is 9.59 Å². The molecule has 0 bridgehead atoms. The number of benzene rings is 1. The second kappa shape index (κ2) is 9.67. The molecule has 0 saturated carbocycles. The second-order valence-corrected chi connectivity index (χ2v) is 9.11. The third kappa shape index (κ3) is 6.13. The summed E-state index contributed by atoms with van der Waals surface area (Å²) in [6.07, 6.45) is 0. The maximum Gasteiger partial charge on any atom is 0.315 e. The monoisotopic (exact) mass is 428 g/mol. The van der Waals surface area contributed by atoms with Gasteiger partial charge in [0, 0.05) is 28.4 Å². The van der Waals surface area contributed by atoms with Crippen LogP contribution in [-0.4, -0.2) is 23.0 Å². The van der Waals surface area contributed by atoms with Crippen molar-refractivity contribution in [2.75, 3.05) is 0 Å². The molecule has 0 atom stereocenters. The second-order valence-electron chi connectivity index (χ2n) is 6.88. The number of carbonyl (C=O) groups is 2. The first-order valence-electron chi connectivity index (χ1n) is 9.33. The van der Waals surface area contributed by atoms with Gasteiger partial charge < -0.3 is 16.0 Å². The van der Waals surface area contributed by atoms with Crippen molar-refractivity contribution in [3.8, 4) is 10.6 Å². The van der Waals surface area contributed by atoms with Gasteiger partial charge in [0.2, 0.25) is 0 Å². The van der Waals surface area contributed by atoms with Crippen LogP contribution >= 0.6 is 22.7 Å². The quantitative estimate of drug-likeness (QED) is 0.524. The Kier molecular flexibility index (Phi) is 7.00. The van der Waals surface area contributed by atoms with Gasteiger partial charge in [0.1, 0.15) is 0 Å². The molecule has 0 aliphatic heterocycles. The Hall–Kier alpha value is -2.71. The highest BCUT2D eigenvalue weighted by Crippen LogP contribution is 2.28. The molecule has 29 heavy (non-hydrogen) atoms. The van der Waals surface area contributed by atoms with Gasteiger partial charge in [0.15, 0.2) is 0 Å². The number of rotatable bonds is 7. The lowest BCUT2D eigenvalue weighted by Gasteiger charge is -2.10. The first-order valence-corrected chi connectivity index (χ1v) is 11.0. The van der Waals surface area contributed by atoms with E-state index in [-0.39, 0.29) is 18.0 Å². The molecule has 3 amide bonds. The van der Waals surface area contributed by atoms with E-state index in [1.54, 1.807) is 34.8 Å². The van der Waals surface area contributed by atoms with Crippen molar-refractivity contribution in [1.82, 2.24) is 20.9 Å². The van der Waals surface area contributed by atoms with Gasteiger partial charge in [-0.15, -0.1) is 22.7 Å². The number of urea groups is 1. The van der Waals surface area contributed by atoms with Gasteiger partial charge >= 0.3 is 6.03 Å². The van der Waals surface area contributed by atoms with E-state index in [1.165, 1.54) is 0 Å². The van der Waals surface area contributed by atoms with Crippen LogP contribution in [0.4, 0.5) is 4.79 Å². The summed E-state index contributed by atoms with van der Waals surface area (Å²) in [4.78, 5) is 30.7. The maximum absolute atomic E-state index is 12.4. The summed E-state index contributed by atoms with van der Waals surface area (Å²) in [7, 11) is 0. The molecule has 3 rings (SSSR count). The number of aryl methyl sites for hydroxylation is 1. The fourth-order valence-corrected chi connectivity index (χ4v) is 4.22. The number of nitrogens with zero attached hydrogens (tertiary/aromatic N) is 1. The van der Waals surface area contributed by atoms with Crippen LogP contribution in [0, 0.1) is 6.92 Å². The number of nitrogens with one attached hydrogen (secondary N) is 3. The molecular formula is C21H24N4O2S2. The highest BCUT2D eigenvalue weighted by Gasteiger charge is 2.09. The number of aromatic nitrogens is 1. The van der Waals surface area contributed by atoms with Crippen molar-refractivity contribution in [2.45, 2.75) is 39.9 Å². The average molecular weight is 429 g/mol. The molecule has 0 radical (unpaired) electrons. The Bertz CT molecular complexity index is 977. The molecule has 1 aromatic carbocycles. The van der Waals surface area contributed by atoms with E-state index >= 15 is 0 Å². The van der Waals surface area contributed by atoms with Crippen molar-refractivity contribution in [2.24, 2.45) is 0 Å². The minimum absolute atomic E-state index is 0.0890. The van der Waals surface area contributed by atoms with Gasteiger partial charge in [-0.25, -0.2) is 9.78 Å². The number of carbonyl (C=O) groups excluding carboxylic acids is 2. The zero-order valence-electron chi connectivity index (χ0n) is 16.6. The summed E-state index contributed by atoms with van der Waals surface area (Å²) in [6, 6.07) is 11.2. The predicted octanol–water partition coefficient (Wildman–Crippen LogP) is 4.32. The molecule has 2 heterocycles. The Labute approximate surface area is 178 Å². The SMILES string of the molecule is Cc1nc(-c2ccc(CNC(=O)c3ccc(CNC(=O)NC(C)C)cc3)s2)cs1. The van der Waals surface area contributed by atoms with E-state index in [0.717, 1.165) is 26.0 Å². The van der Waals surface area contributed by atoms with E-state index in [4.69, 9.17) is 0 Å². The molecule has 3 N–H and O–H groups in total. The standard InChI is InChI=1S/C21H24N4O2S2/c1-13(2)24-21(27)23-10-15-4-6-16(7-5-15)20(26)22-11-17-8-9-19(29-17)18-12-28-14(3)25-18/h4-9,12-13H,10-11H2,1-3H3,(H,22,26)(H2,23,24,27). The van der Waals surface area contributed by atoms with E-state index in [0.29, 0.717) is 18.7 Å². The molecule has 0 fully saturated rings. The number of thiazole rings is 1. The van der Waals surface area contributed by atoms with E-state index in [9.17, 15) is 9.59 Å². The zero-order chi connectivity index (χ0) is 20.8. The molecule has 0 saturated heterocycles. The molecule has 8 heteroatoms. The number of amides is 3. The van der Waals surface area contributed by atoms with Crippen LogP contribution in [-0.2, 0) is 13.1 Å². The van der Waals surface area contributed by atoms with E-state index in [1.807, 2.05) is 50.4 Å². The third-order valence-electron chi connectivity index (χ3n) is 4.05. The van der Waals surface area contributed by atoms with Gasteiger partial charge in [0.25, 0.3) is 5.91 Å². The van der Waals surface area contributed by atoms with Gasteiger partial charge in [-0.2, -0.15) is 0 Å². The Morgan fingerprint density at radius 2 is 1.79 bits per heavy atom. The van der Waals surface area contributed by atoms with Crippen LogP contribution in [0.1, 0.15) is 39.7 Å². The fourth-order valence-electron chi connectivity index (χ4n) is 2.63. The van der Waals surface area contributed by atoms with Crippen LogP contribution in [0.2, 0.25) is 0 Å². The predicted molar refractivity (Wildman–Crippen MR) is 118 cm³/mol. The normalized spacial score (nSPS) is 10.8. The van der Waals surface area contributed by atoms with Crippen LogP contribution < -0.4 is 16.0 Å². The van der Waals surface area contributed by atoms with Gasteiger partial charge in [-0.3, -0.25) is 4.79 Å². The molecule has 3 aromatic rings. The molecule has 0 unspecified atom stereocenters. The van der Waals surface area contributed by atoms with Gasteiger partial charge in [-0.05, 0) is 50.6 Å². The summed E-state index contributed by atoms with van der Waals surface area (Å²) in [5.41, 5.74) is 2.51. The smallest absolute Gasteiger partial charge is 0.315 e. The first kappa shape index (κ1) is 21.0. The van der Waals surface area contributed by atoms with Crippen LogP contribution in [0.5, 0.6) is 0 Å². The topological polar surface area (TPSA) is 83.1 Å². The van der Waals surface area contributed by atoms with E-state index < -0.39 is 0 Å². The van der Waals surface area contributed by atoms with Crippen LogP contribution in [0.3, 0.4) is 0 Å². The molecule has 0 spiro atoms. The molecular weight excluding hydrogens is 404 g/mol. The maximum atomic E-state index is 12.4. The van der Waals surface area contributed by atoms with Gasteiger partial charge in [0.05, 0.1) is 22.1 Å².